The summed E-state index contributed by atoms with van der Waals surface area (Å²) in [6.07, 6.45) is -2.01. The van der Waals surface area contributed by atoms with Gasteiger partial charge in [0.15, 0.2) is 5.69 Å². The molecule has 1 saturated heterocycles. The third-order valence-electron chi connectivity index (χ3n) is 3.58. The van der Waals surface area contributed by atoms with E-state index in [1.807, 2.05) is 0 Å². The van der Waals surface area contributed by atoms with E-state index in [0.29, 0.717) is 25.9 Å². The minimum absolute atomic E-state index is 0.0633. The Labute approximate surface area is 140 Å². The first-order valence-electron chi connectivity index (χ1n) is 7.27. The van der Waals surface area contributed by atoms with Gasteiger partial charge in [-0.3, -0.25) is 4.68 Å². The highest BCUT2D eigenvalue weighted by Crippen LogP contribution is 2.35. The molecule has 0 unspecified atom stereocenters. The number of piperidine rings is 1. The SMILES string of the molecule is CC(C)(C)C(=O)ON1CCC(n2cc(Br)c(C(F)(F)F)n2)CC1. The first kappa shape index (κ1) is 18.3. The van der Waals surface area contributed by atoms with Crippen LogP contribution in [0.1, 0.15) is 45.3 Å². The minimum atomic E-state index is -4.48. The molecule has 1 fully saturated rings. The van der Waals surface area contributed by atoms with Gasteiger partial charge in [0, 0.05) is 19.3 Å². The van der Waals surface area contributed by atoms with Crippen molar-refractivity contribution < 1.29 is 22.8 Å². The van der Waals surface area contributed by atoms with Crippen molar-refractivity contribution in [2.45, 2.75) is 45.8 Å². The Kier molecular flexibility index (Phi) is 5.10. The molecule has 0 aliphatic carbocycles. The lowest BCUT2D eigenvalue weighted by molar-refractivity contribution is -0.205. The van der Waals surface area contributed by atoms with E-state index in [2.05, 4.69) is 21.0 Å². The van der Waals surface area contributed by atoms with E-state index in [1.54, 1.807) is 25.8 Å². The van der Waals surface area contributed by atoms with Gasteiger partial charge in [-0.25, -0.2) is 4.79 Å². The van der Waals surface area contributed by atoms with Crippen LogP contribution in [0.15, 0.2) is 10.7 Å². The fourth-order valence-electron chi connectivity index (χ4n) is 2.20. The first-order chi connectivity index (χ1) is 10.5. The molecular formula is C14H19BrF3N3O2. The highest BCUT2D eigenvalue weighted by molar-refractivity contribution is 9.10. The van der Waals surface area contributed by atoms with Gasteiger partial charge >= 0.3 is 12.1 Å². The van der Waals surface area contributed by atoms with Crippen molar-refractivity contribution in [3.8, 4) is 0 Å². The normalized spacial score (nSPS) is 18.2. The maximum absolute atomic E-state index is 12.8. The van der Waals surface area contributed by atoms with E-state index >= 15 is 0 Å². The van der Waals surface area contributed by atoms with Crippen LogP contribution in [0.3, 0.4) is 0 Å². The lowest BCUT2D eigenvalue weighted by Crippen LogP contribution is -2.39. The molecule has 0 spiro atoms. The van der Waals surface area contributed by atoms with E-state index in [9.17, 15) is 18.0 Å². The molecular weight excluding hydrogens is 379 g/mol. The molecule has 0 atom stereocenters. The molecule has 2 rings (SSSR count). The zero-order valence-electron chi connectivity index (χ0n) is 13.2. The molecule has 0 saturated carbocycles. The van der Waals surface area contributed by atoms with E-state index in [-0.39, 0.29) is 16.5 Å². The number of alkyl halides is 3. The summed E-state index contributed by atoms with van der Waals surface area (Å²) in [5.74, 6) is -0.322. The monoisotopic (exact) mass is 397 g/mol. The number of carbonyl (C=O) groups is 1. The van der Waals surface area contributed by atoms with Gasteiger partial charge in [0.05, 0.1) is 15.9 Å². The molecule has 0 N–H and O–H groups in total. The zero-order chi connectivity index (χ0) is 17.4. The molecule has 1 aliphatic rings. The average Bonchev–Trinajstić information content (AvgIpc) is 2.80. The average molecular weight is 398 g/mol. The second-order valence-corrected chi connectivity index (χ2v) is 7.45. The number of hydrogen-bond acceptors (Lipinski definition) is 4. The molecule has 0 aromatic carbocycles. The van der Waals surface area contributed by atoms with Crippen molar-refractivity contribution in [2.24, 2.45) is 5.41 Å². The first-order valence-corrected chi connectivity index (χ1v) is 8.07. The van der Waals surface area contributed by atoms with Gasteiger partial charge < -0.3 is 4.84 Å². The molecule has 0 bridgehead atoms. The largest absolute Gasteiger partial charge is 0.436 e. The molecule has 9 heteroatoms. The number of rotatable bonds is 2. The number of nitrogens with zero attached hydrogens (tertiary/aromatic N) is 3. The topological polar surface area (TPSA) is 47.4 Å². The Morgan fingerprint density at radius 2 is 1.87 bits per heavy atom. The van der Waals surface area contributed by atoms with Crippen LogP contribution in [0.2, 0.25) is 0 Å². The highest BCUT2D eigenvalue weighted by atomic mass is 79.9. The maximum Gasteiger partial charge on any atom is 0.436 e. The van der Waals surface area contributed by atoms with Crippen LogP contribution in [0, 0.1) is 5.41 Å². The molecule has 0 radical (unpaired) electrons. The van der Waals surface area contributed by atoms with Crippen LogP contribution < -0.4 is 0 Å². The number of aromatic nitrogens is 2. The predicted molar refractivity (Wildman–Crippen MR) is 80.3 cm³/mol. The molecule has 130 valence electrons. The van der Waals surface area contributed by atoms with E-state index < -0.39 is 17.3 Å². The lowest BCUT2D eigenvalue weighted by Gasteiger charge is -2.32. The fraction of sp³-hybridized carbons (Fsp3) is 0.714. The van der Waals surface area contributed by atoms with E-state index in [1.165, 1.54) is 10.9 Å². The van der Waals surface area contributed by atoms with Crippen LogP contribution in [-0.2, 0) is 15.8 Å². The third kappa shape index (κ3) is 4.47. The summed E-state index contributed by atoms with van der Waals surface area (Å²) in [5, 5.41) is 5.21. The van der Waals surface area contributed by atoms with Crippen molar-refractivity contribution >= 4 is 21.9 Å². The van der Waals surface area contributed by atoms with Gasteiger partial charge in [0.1, 0.15) is 0 Å². The van der Waals surface area contributed by atoms with Crippen molar-refractivity contribution in [3.05, 3.63) is 16.4 Å². The van der Waals surface area contributed by atoms with Crippen LogP contribution in [-0.4, -0.2) is 33.9 Å². The van der Waals surface area contributed by atoms with Crippen molar-refractivity contribution in [1.29, 1.82) is 0 Å². The Morgan fingerprint density at radius 1 is 1.30 bits per heavy atom. The number of hydroxylamine groups is 2. The van der Waals surface area contributed by atoms with Gasteiger partial charge in [-0.15, -0.1) is 5.06 Å². The van der Waals surface area contributed by atoms with Crippen molar-refractivity contribution in [3.63, 3.8) is 0 Å². The summed E-state index contributed by atoms with van der Waals surface area (Å²) in [5.41, 5.74) is -1.51. The lowest BCUT2D eigenvalue weighted by atomic mass is 9.98. The number of hydrogen-bond donors (Lipinski definition) is 0. The number of carbonyl (C=O) groups excluding carboxylic acids is 1. The molecule has 1 aliphatic heterocycles. The Hall–Kier alpha value is -1.09. The molecule has 2 heterocycles. The molecule has 0 amide bonds. The van der Waals surface area contributed by atoms with Gasteiger partial charge in [-0.2, -0.15) is 18.3 Å². The Morgan fingerprint density at radius 3 is 2.30 bits per heavy atom. The summed E-state index contributed by atoms with van der Waals surface area (Å²) in [7, 11) is 0. The molecule has 1 aromatic rings. The predicted octanol–water partition coefficient (Wildman–Crippen LogP) is 3.81. The molecule has 23 heavy (non-hydrogen) atoms. The van der Waals surface area contributed by atoms with Crippen LogP contribution in [0.25, 0.3) is 0 Å². The standard InChI is InChI=1S/C14H19BrF3N3O2/c1-13(2,3)12(22)23-20-6-4-9(5-7-20)21-8-10(15)11(19-21)14(16,17)18/h8-9H,4-7H2,1-3H3. The van der Waals surface area contributed by atoms with E-state index in [4.69, 9.17) is 4.84 Å². The maximum atomic E-state index is 12.8. The van der Waals surface area contributed by atoms with Crippen molar-refractivity contribution in [1.82, 2.24) is 14.8 Å². The summed E-state index contributed by atoms with van der Waals surface area (Å²) in [6, 6.07) is -0.146. The van der Waals surface area contributed by atoms with Crippen molar-refractivity contribution in [2.75, 3.05) is 13.1 Å². The van der Waals surface area contributed by atoms with Crippen LogP contribution >= 0.6 is 15.9 Å². The quantitative estimate of drug-likeness (QED) is 0.761. The van der Waals surface area contributed by atoms with Gasteiger partial charge in [-0.1, -0.05) is 0 Å². The smallest absolute Gasteiger partial charge is 0.367 e. The third-order valence-corrected chi connectivity index (χ3v) is 4.16. The summed E-state index contributed by atoms with van der Waals surface area (Å²) < 4.78 is 39.6. The zero-order valence-corrected chi connectivity index (χ0v) is 14.7. The number of halogens is 4. The van der Waals surface area contributed by atoms with Crippen LogP contribution in [0.4, 0.5) is 13.2 Å². The van der Waals surface area contributed by atoms with Gasteiger partial charge in [-0.05, 0) is 49.5 Å². The van der Waals surface area contributed by atoms with E-state index in [0.717, 1.165) is 0 Å². The highest BCUT2D eigenvalue weighted by Gasteiger charge is 2.37. The van der Waals surface area contributed by atoms with Gasteiger partial charge in [0.2, 0.25) is 0 Å². The Bertz CT molecular complexity index is 573. The molecule has 1 aromatic heterocycles. The summed E-state index contributed by atoms with van der Waals surface area (Å²) in [6.45, 7) is 6.22. The second kappa shape index (κ2) is 6.43. The molecule has 5 nitrogen and oxygen atoms in total. The van der Waals surface area contributed by atoms with Gasteiger partial charge in [0.25, 0.3) is 0 Å². The van der Waals surface area contributed by atoms with Crippen LogP contribution in [0.5, 0.6) is 0 Å². The fourth-order valence-corrected chi connectivity index (χ4v) is 2.71. The summed E-state index contributed by atoms with van der Waals surface area (Å²) in [4.78, 5) is 17.1. The Balaban J connectivity index is 1.96. The second-order valence-electron chi connectivity index (χ2n) is 6.59. The summed E-state index contributed by atoms with van der Waals surface area (Å²) >= 11 is 2.90. The minimum Gasteiger partial charge on any atom is -0.367 e.